The summed E-state index contributed by atoms with van der Waals surface area (Å²) in [6, 6.07) is 11.1. The van der Waals surface area contributed by atoms with E-state index < -0.39 is 0 Å². The fourth-order valence-corrected chi connectivity index (χ4v) is 3.17. The quantitative estimate of drug-likeness (QED) is 0.721. The summed E-state index contributed by atoms with van der Waals surface area (Å²) in [6.45, 7) is 3.97. The Balaban J connectivity index is 1.64. The molecule has 136 valence electrons. The molecule has 3 rings (SSSR count). The Bertz CT molecular complexity index is 824. The number of nitrogens with one attached hydrogen (secondary N) is 3. The predicted molar refractivity (Wildman–Crippen MR) is 105 cm³/mol. The fraction of sp³-hybridized carbons (Fsp3) is 0.300. The first kappa shape index (κ1) is 18.3. The second kappa shape index (κ2) is 7.79. The van der Waals surface area contributed by atoms with Crippen LogP contribution in [0.2, 0.25) is 5.02 Å². The predicted octanol–water partition coefficient (Wildman–Crippen LogP) is 3.90. The van der Waals surface area contributed by atoms with Crippen molar-refractivity contribution in [2.45, 2.75) is 32.7 Å². The molecule has 2 amide bonds. The smallest absolute Gasteiger partial charge is 0.253 e. The second-order valence-electron chi connectivity index (χ2n) is 6.63. The van der Waals surface area contributed by atoms with Gasteiger partial charge in [0, 0.05) is 6.04 Å². The molecule has 1 aliphatic carbocycles. The number of amides is 2. The molecular weight excluding hydrogens is 350 g/mol. The molecule has 1 aliphatic rings. The van der Waals surface area contributed by atoms with E-state index in [1.54, 1.807) is 24.3 Å². The van der Waals surface area contributed by atoms with Crippen LogP contribution in [0.15, 0.2) is 36.4 Å². The third-order valence-corrected chi connectivity index (χ3v) is 4.51. The van der Waals surface area contributed by atoms with Crippen molar-refractivity contribution in [1.82, 2.24) is 5.32 Å². The van der Waals surface area contributed by atoms with Gasteiger partial charge in [-0.05, 0) is 56.0 Å². The molecular formula is C20H22ClN3O2. The van der Waals surface area contributed by atoms with E-state index in [0.29, 0.717) is 16.3 Å². The van der Waals surface area contributed by atoms with Gasteiger partial charge in [0.25, 0.3) is 5.91 Å². The van der Waals surface area contributed by atoms with Crippen LogP contribution >= 0.6 is 11.6 Å². The topological polar surface area (TPSA) is 70.2 Å². The van der Waals surface area contributed by atoms with Crippen LogP contribution in [-0.4, -0.2) is 24.4 Å². The maximum absolute atomic E-state index is 12.3. The minimum Gasteiger partial charge on any atom is -0.375 e. The van der Waals surface area contributed by atoms with Crippen LogP contribution in [0, 0.1) is 13.8 Å². The van der Waals surface area contributed by atoms with E-state index >= 15 is 0 Å². The summed E-state index contributed by atoms with van der Waals surface area (Å²) in [6.07, 6.45) is 2.03. The minimum atomic E-state index is -0.243. The molecule has 0 radical (unpaired) electrons. The molecule has 0 bridgehead atoms. The van der Waals surface area contributed by atoms with E-state index in [1.807, 2.05) is 26.0 Å². The lowest BCUT2D eigenvalue weighted by molar-refractivity contribution is -0.114. The van der Waals surface area contributed by atoms with E-state index in [2.05, 4.69) is 16.0 Å². The molecule has 1 saturated carbocycles. The number of hydrogen-bond acceptors (Lipinski definition) is 3. The lowest BCUT2D eigenvalue weighted by atomic mass is 10.1. The van der Waals surface area contributed by atoms with E-state index in [-0.39, 0.29) is 24.4 Å². The van der Waals surface area contributed by atoms with Crippen molar-refractivity contribution in [2.75, 3.05) is 17.2 Å². The molecule has 1 fully saturated rings. The molecule has 0 spiro atoms. The highest BCUT2D eigenvalue weighted by Crippen LogP contribution is 2.27. The molecule has 2 aromatic rings. The van der Waals surface area contributed by atoms with E-state index in [1.165, 1.54) is 0 Å². The Kier molecular flexibility index (Phi) is 5.47. The van der Waals surface area contributed by atoms with E-state index in [9.17, 15) is 9.59 Å². The van der Waals surface area contributed by atoms with Crippen molar-refractivity contribution in [3.63, 3.8) is 0 Å². The van der Waals surface area contributed by atoms with Gasteiger partial charge in [0.05, 0.1) is 28.5 Å². The largest absolute Gasteiger partial charge is 0.375 e. The van der Waals surface area contributed by atoms with Gasteiger partial charge in [-0.15, -0.1) is 0 Å². The van der Waals surface area contributed by atoms with Crippen molar-refractivity contribution in [1.29, 1.82) is 0 Å². The maximum Gasteiger partial charge on any atom is 0.253 e. The van der Waals surface area contributed by atoms with Crippen LogP contribution in [0.5, 0.6) is 0 Å². The highest BCUT2D eigenvalue weighted by atomic mass is 35.5. The molecule has 0 atom stereocenters. The number of aryl methyl sites for hydroxylation is 2. The molecule has 26 heavy (non-hydrogen) atoms. The molecule has 0 aromatic heterocycles. The van der Waals surface area contributed by atoms with Crippen LogP contribution in [0.3, 0.4) is 0 Å². The Morgan fingerprint density at radius 3 is 2.58 bits per heavy atom. The number of benzene rings is 2. The van der Waals surface area contributed by atoms with Gasteiger partial charge in [-0.3, -0.25) is 9.59 Å². The van der Waals surface area contributed by atoms with Crippen molar-refractivity contribution < 1.29 is 9.59 Å². The molecule has 5 nitrogen and oxygen atoms in total. The van der Waals surface area contributed by atoms with Crippen LogP contribution in [0.25, 0.3) is 0 Å². The van der Waals surface area contributed by atoms with Crippen LogP contribution in [0.1, 0.15) is 34.3 Å². The molecule has 6 heteroatoms. The maximum atomic E-state index is 12.3. The Hall–Kier alpha value is -2.53. The molecule has 0 saturated heterocycles. The molecule has 0 aliphatic heterocycles. The van der Waals surface area contributed by atoms with Gasteiger partial charge in [0.1, 0.15) is 0 Å². The fourth-order valence-electron chi connectivity index (χ4n) is 2.78. The number of carbonyl (C=O) groups is 2. The van der Waals surface area contributed by atoms with E-state index in [0.717, 1.165) is 29.7 Å². The van der Waals surface area contributed by atoms with Gasteiger partial charge in [0.2, 0.25) is 5.91 Å². The zero-order chi connectivity index (χ0) is 18.7. The first-order valence-corrected chi connectivity index (χ1v) is 9.02. The normalized spacial score (nSPS) is 13.2. The third-order valence-electron chi connectivity index (χ3n) is 4.22. The summed E-state index contributed by atoms with van der Waals surface area (Å²) in [4.78, 5) is 24.6. The zero-order valence-corrected chi connectivity index (χ0v) is 15.6. The first-order valence-electron chi connectivity index (χ1n) is 8.64. The lowest BCUT2D eigenvalue weighted by Crippen LogP contribution is -2.28. The van der Waals surface area contributed by atoms with Crippen LogP contribution in [0.4, 0.5) is 11.4 Å². The first-order chi connectivity index (χ1) is 12.4. The van der Waals surface area contributed by atoms with Gasteiger partial charge >= 0.3 is 0 Å². The molecule has 2 aromatic carbocycles. The molecule has 3 N–H and O–H groups in total. The Morgan fingerprint density at radius 2 is 1.88 bits per heavy atom. The highest BCUT2D eigenvalue weighted by Gasteiger charge is 2.25. The van der Waals surface area contributed by atoms with Crippen molar-refractivity contribution in [3.05, 3.63) is 58.1 Å². The van der Waals surface area contributed by atoms with Gasteiger partial charge in [-0.1, -0.05) is 29.8 Å². The Labute approximate surface area is 158 Å². The average molecular weight is 372 g/mol. The third kappa shape index (κ3) is 4.55. The highest BCUT2D eigenvalue weighted by molar-refractivity contribution is 6.33. The van der Waals surface area contributed by atoms with Gasteiger partial charge < -0.3 is 16.0 Å². The zero-order valence-electron chi connectivity index (χ0n) is 14.9. The number of carbonyl (C=O) groups excluding carboxylic acids is 2. The Morgan fingerprint density at radius 1 is 1.15 bits per heavy atom. The summed E-state index contributed by atoms with van der Waals surface area (Å²) >= 11 is 6.25. The SMILES string of the molecule is Cc1cc(C)c(NCC(=O)Nc2ccccc2C(=O)NC2CC2)c(Cl)c1. The van der Waals surface area contributed by atoms with Crippen molar-refractivity contribution >= 4 is 34.8 Å². The van der Waals surface area contributed by atoms with Crippen LogP contribution in [-0.2, 0) is 4.79 Å². The number of anilines is 2. The van der Waals surface area contributed by atoms with Gasteiger partial charge in [-0.2, -0.15) is 0 Å². The van der Waals surface area contributed by atoms with Crippen molar-refractivity contribution in [2.24, 2.45) is 0 Å². The minimum absolute atomic E-state index is 0.0577. The number of halogens is 1. The van der Waals surface area contributed by atoms with E-state index in [4.69, 9.17) is 11.6 Å². The lowest BCUT2D eigenvalue weighted by Gasteiger charge is -2.14. The summed E-state index contributed by atoms with van der Waals surface area (Å²) in [7, 11) is 0. The average Bonchev–Trinajstić information content (AvgIpc) is 3.38. The number of para-hydroxylation sites is 1. The monoisotopic (exact) mass is 371 g/mol. The summed E-state index contributed by atoms with van der Waals surface area (Å²) in [5.41, 5.74) is 3.76. The summed E-state index contributed by atoms with van der Waals surface area (Å²) < 4.78 is 0. The van der Waals surface area contributed by atoms with Crippen LogP contribution < -0.4 is 16.0 Å². The number of rotatable bonds is 6. The summed E-state index contributed by atoms with van der Waals surface area (Å²) in [5, 5.41) is 9.40. The number of hydrogen-bond donors (Lipinski definition) is 3. The standard InChI is InChI=1S/C20H22ClN3O2/c1-12-9-13(2)19(16(21)10-12)22-11-18(25)24-17-6-4-3-5-15(17)20(26)23-14-7-8-14/h3-6,9-10,14,22H,7-8,11H2,1-2H3,(H,23,26)(H,24,25). The molecule has 0 heterocycles. The molecule has 0 unspecified atom stereocenters. The van der Waals surface area contributed by atoms with Gasteiger partial charge in [0.15, 0.2) is 0 Å². The van der Waals surface area contributed by atoms with Crippen molar-refractivity contribution in [3.8, 4) is 0 Å². The summed E-state index contributed by atoms with van der Waals surface area (Å²) in [5.74, 6) is -0.401. The van der Waals surface area contributed by atoms with Gasteiger partial charge in [-0.25, -0.2) is 0 Å². The second-order valence-corrected chi connectivity index (χ2v) is 7.04.